The second-order valence-electron chi connectivity index (χ2n) is 4.66. The van der Waals surface area contributed by atoms with E-state index in [4.69, 9.17) is 0 Å². The van der Waals surface area contributed by atoms with Crippen LogP contribution in [0.3, 0.4) is 0 Å². The van der Waals surface area contributed by atoms with Crippen molar-refractivity contribution in [2.45, 2.75) is 38.8 Å². The van der Waals surface area contributed by atoms with E-state index in [-0.39, 0.29) is 0 Å². The maximum absolute atomic E-state index is 10.0. The molecular formula is C11H17BrN2O. The third-order valence-electron chi connectivity index (χ3n) is 2.75. The number of rotatable bonds is 3. The van der Waals surface area contributed by atoms with Crippen LogP contribution in [0.1, 0.15) is 27.7 Å². The SMILES string of the molecule is CC(C)(O)C(C)(C)Nc1ccncc1Br. The fraction of sp³-hybridized carbons (Fsp3) is 0.545. The summed E-state index contributed by atoms with van der Waals surface area (Å²) in [5.41, 5.74) is -0.302. The third-order valence-corrected chi connectivity index (χ3v) is 3.38. The van der Waals surface area contributed by atoms with Crippen LogP contribution in [0.15, 0.2) is 22.9 Å². The molecule has 0 aliphatic heterocycles. The number of halogens is 1. The van der Waals surface area contributed by atoms with Crippen LogP contribution in [0, 0.1) is 0 Å². The van der Waals surface area contributed by atoms with Gasteiger partial charge in [0.25, 0.3) is 0 Å². The molecule has 0 unspecified atom stereocenters. The molecule has 1 aromatic heterocycles. The summed E-state index contributed by atoms with van der Waals surface area (Å²) in [4.78, 5) is 3.99. The zero-order valence-electron chi connectivity index (χ0n) is 9.50. The van der Waals surface area contributed by atoms with Crippen molar-refractivity contribution in [3.63, 3.8) is 0 Å². The first kappa shape index (κ1) is 12.5. The predicted octanol–water partition coefficient (Wildman–Crippen LogP) is 2.81. The summed E-state index contributed by atoms with van der Waals surface area (Å²) < 4.78 is 0.891. The number of anilines is 1. The van der Waals surface area contributed by atoms with Crippen LogP contribution in [0.2, 0.25) is 0 Å². The van der Waals surface area contributed by atoms with Gasteiger partial charge in [-0.15, -0.1) is 0 Å². The first-order chi connectivity index (χ1) is 6.74. The van der Waals surface area contributed by atoms with Gasteiger partial charge in [0, 0.05) is 12.4 Å². The van der Waals surface area contributed by atoms with Crippen LogP contribution in [-0.4, -0.2) is 21.2 Å². The molecule has 0 amide bonds. The molecule has 0 aliphatic rings. The molecular weight excluding hydrogens is 256 g/mol. The fourth-order valence-corrected chi connectivity index (χ4v) is 1.32. The van der Waals surface area contributed by atoms with Gasteiger partial charge in [0.15, 0.2) is 0 Å². The van der Waals surface area contributed by atoms with Crippen molar-refractivity contribution in [2.75, 3.05) is 5.32 Å². The second kappa shape index (κ2) is 4.10. The van der Waals surface area contributed by atoms with Gasteiger partial charge in [-0.2, -0.15) is 0 Å². The van der Waals surface area contributed by atoms with Crippen LogP contribution < -0.4 is 5.32 Å². The summed E-state index contributed by atoms with van der Waals surface area (Å²) >= 11 is 3.41. The molecule has 0 saturated heterocycles. The highest BCUT2D eigenvalue weighted by Gasteiger charge is 2.35. The van der Waals surface area contributed by atoms with Crippen molar-refractivity contribution in [1.29, 1.82) is 0 Å². The molecule has 0 radical (unpaired) electrons. The van der Waals surface area contributed by atoms with Crippen molar-refractivity contribution in [3.8, 4) is 0 Å². The zero-order chi connectivity index (χ0) is 11.7. The highest BCUT2D eigenvalue weighted by Crippen LogP contribution is 2.29. The lowest BCUT2D eigenvalue weighted by Gasteiger charge is -2.39. The molecule has 3 nitrogen and oxygen atoms in total. The normalized spacial score (nSPS) is 12.7. The van der Waals surface area contributed by atoms with E-state index in [2.05, 4.69) is 26.2 Å². The van der Waals surface area contributed by atoms with Crippen molar-refractivity contribution in [2.24, 2.45) is 0 Å². The van der Waals surface area contributed by atoms with Crippen molar-refractivity contribution in [3.05, 3.63) is 22.9 Å². The summed E-state index contributed by atoms with van der Waals surface area (Å²) in [6.07, 6.45) is 3.44. The number of aliphatic hydroxyl groups is 1. The third kappa shape index (κ3) is 2.92. The lowest BCUT2D eigenvalue weighted by molar-refractivity contribution is 0.0240. The predicted molar refractivity (Wildman–Crippen MR) is 65.9 cm³/mol. The number of nitrogens with one attached hydrogen (secondary N) is 1. The van der Waals surface area contributed by atoms with Gasteiger partial charge in [-0.1, -0.05) is 0 Å². The van der Waals surface area contributed by atoms with Crippen molar-refractivity contribution in [1.82, 2.24) is 4.98 Å². The van der Waals surface area contributed by atoms with Gasteiger partial charge >= 0.3 is 0 Å². The van der Waals surface area contributed by atoms with Gasteiger partial charge in [0.1, 0.15) is 0 Å². The van der Waals surface area contributed by atoms with Crippen LogP contribution in [0.25, 0.3) is 0 Å². The molecule has 0 saturated carbocycles. The minimum atomic E-state index is -0.810. The Morgan fingerprint density at radius 1 is 1.33 bits per heavy atom. The fourth-order valence-electron chi connectivity index (χ4n) is 0.966. The first-order valence-electron chi connectivity index (χ1n) is 4.84. The van der Waals surface area contributed by atoms with E-state index >= 15 is 0 Å². The maximum atomic E-state index is 10.0. The molecule has 84 valence electrons. The lowest BCUT2D eigenvalue weighted by Crippen LogP contribution is -2.51. The number of pyridine rings is 1. The van der Waals surface area contributed by atoms with Gasteiger partial charge in [0.05, 0.1) is 21.3 Å². The molecule has 1 heterocycles. The van der Waals surface area contributed by atoms with E-state index in [1.807, 2.05) is 19.9 Å². The molecule has 1 aromatic rings. The van der Waals surface area contributed by atoms with E-state index in [9.17, 15) is 5.11 Å². The molecule has 0 fully saturated rings. The summed E-state index contributed by atoms with van der Waals surface area (Å²) in [5, 5.41) is 13.3. The average Bonchev–Trinajstić information content (AvgIpc) is 2.06. The van der Waals surface area contributed by atoms with Crippen LogP contribution in [0.5, 0.6) is 0 Å². The zero-order valence-corrected chi connectivity index (χ0v) is 11.1. The second-order valence-corrected chi connectivity index (χ2v) is 5.52. The number of hydrogen-bond donors (Lipinski definition) is 2. The molecule has 15 heavy (non-hydrogen) atoms. The molecule has 4 heteroatoms. The Kier molecular flexibility index (Phi) is 3.41. The Morgan fingerprint density at radius 3 is 2.40 bits per heavy atom. The lowest BCUT2D eigenvalue weighted by atomic mass is 9.86. The van der Waals surface area contributed by atoms with Gasteiger partial charge in [-0.25, -0.2) is 0 Å². The highest BCUT2D eigenvalue weighted by atomic mass is 79.9. The Hall–Kier alpha value is -0.610. The molecule has 0 bridgehead atoms. The molecule has 2 N–H and O–H groups in total. The molecule has 0 spiro atoms. The summed E-state index contributed by atoms with van der Waals surface area (Å²) in [7, 11) is 0. The Balaban J connectivity index is 2.92. The molecule has 0 atom stereocenters. The van der Waals surface area contributed by atoms with Crippen molar-refractivity contribution >= 4 is 21.6 Å². The minimum absolute atomic E-state index is 0.420. The topological polar surface area (TPSA) is 45.1 Å². The Bertz CT molecular complexity index is 345. The van der Waals surface area contributed by atoms with Gasteiger partial charge in [-0.05, 0) is 49.7 Å². The summed E-state index contributed by atoms with van der Waals surface area (Å²) in [6.45, 7) is 7.49. The quantitative estimate of drug-likeness (QED) is 0.890. The van der Waals surface area contributed by atoms with Gasteiger partial charge < -0.3 is 10.4 Å². The number of hydrogen-bond acceptors (Lipinski definition) is 3. The number of aromatic nitrogens is 1. The van der Waals surface area contributed by atoms with Crippen LogP contribution >= 0.6 is 15.9 Å². The van der Waals surface area contributed by atoms with Crippen LogP contribution in [0.4, 0.5) is 5.69 Å². The highest BCUT2D eigenvalue weighted by molar-refractivity contribution is 9.10. The van der Waals surface area contributed by atoms with Crippen molar-refractivity contribution < 1.29 is 5.11 Å². The number of nitrogens with zero attached hydrogens (tertiary/aromatic N) is 1. The van der Waals surface area contributed by atoms with Crippen LogP contribution in [-0.2, 0) is 0 Å². The minimum Gasteiger partial charge on any atom is -0.388 e. The van der Waals surface area contributed by atoms with E-state index in [0.717, 1.165) is 10.2 Å². The monoisotopic (exact) mass is 272 g/mol. The van der Waals surface area contributed by atoms with Gasteiger partial charge in [-0.3, -0.25) is 4.98 Å². The summed E-state index contributed by atoms with van der Waals surface area (Å²) in [5.74, 6) is 0. The average molecular weight is 273 g/mol. The smallest absolute Gasteiger partial charge is 0.0814 e. The Labute approximate surface area is 99.1 Å². The molecule has 0 aliphatic carbocycles. The van der Waals surface area contributed by atoms with E-state index in [1.165, 1.54) is 0 Å². The molecule has 1 rings (SSSR count). The summed E-state index contributed by atoms with van der Waals surface area (Å²) in [6, 6.07) is 1.87. The maximum Gasteiger partial charge on any atom is 0.0814 e. The first-order valence-corrected chi connectivity index (χ1v) is 5.63. The van der Waals surface area contributed by atoms with Gasteiger partial charge in [0.2, 0.25) is 0 Å². The standard InChI is InChI=1S/C11H17BrN2O/c1-10(2,11(3,4)15)14-9-5-6-13-7-8(9)12/h5-7,15H,1-4H3,(H,13,14). The van der Waals surface area contributed by atoms with E-state index < -0.39 is 11.1 Å². The van der Waals surface area contributed by atoms with E-state index in [1.54, 1.807) is 26.2 Å². The molecule has 0 aromatic carbocycles. The largest absolute Gasteiger partial charge is 0.388 e. The Morgan fingerprint density at radius 2 is 1.93 bits per heavy atom. The van der Waals surface area contributed by atoms with E-state index in [0.29, 0.717) is 0 Å².